The molecule has 0 nitrogen and oxygen atoms in total. The zero-order chi connectivity index (χ0) is 34.3. The van der Waals surface area contributed by atoms with Crippen molar-refractivity contribution in [1.29, 1.82) is 0 Å². The highest BCUT2D eigenvalue weighted by Gasteiger charge is 2.37. The molecule has 1 aliphatic heterocycles. The topological polar surface area (TPSA) is 0 Å². The van der Waals surface area contributed by atoms with E-state index in [0.29, 0.717) is 17.8 Å². The van der Waals surface area contributed by atoms with Gasteiger partial charge in [-0.3, -0.25) is 0 Å². The molecular formula is C49H43B. The normalized spacial score (nSPS) is 12.7. The van der Waals surface area contributed by atoms with Crippen LogP contribution in [0.15, 0.2) is 133 Å². The molecule has 1 heterocycles. The predicted molar refractivity (Wildman–Crippen MR) is 220 cm³/mol. The van der Waals surface area contributed by atoms with Crippen LogP contribution in [0.5, 0.6) is 0 Å². The average molecular weight is 643 g/mol. The van der Waals surface area contributed by atoms with Crippen molar-refractivity contribution in [2.45, 2.75) is 59.3 Å². The van der Waals surface area contributed by atoms with Crippen molar-refractivity contribution in [2.24, 2.45) is 0 Å². The fraction of sp³-hybridized carbons (Fsp3) is 0.184. The second-order valence-electron chi connectivity index (χ2n) is 15.4. The lowest BCUT2D eigenvalue weighted by molar-refractivity contribution is 0.812. The molecule has 0 atom stereocenters. The highest BCUT2D eigenvalue weighted by molar-refractivity contribution is 6.99. The summed E-state index contributed by atoms with van der Waals surface area (Å²) in [7, 11) is 0. The smallest absolute Gasteiger partial charge is 0.0664 e. The Morgan fingerprint density at radius 1 is 0.400 bits per heavy atom. The van der Waals surface area contributed by atoms with Crippen LogP contribution in [0.2, 0.25) is 0 Å². The van der Waals surface area contributed by atoms with Gasteiger partial charge < -0.3 is 0 Å². The van der Waals surface area contributed by atoms with Crippen LogP contribution in [0, 0.1) is 0 Å². The highest BCUT2D eigenvalue weighted by Crippen LogP contribution is 2.46. The van der Waals surface area contributed by atoms with E-state index in [4.69, 9.17) is 0 Å². The number of benzene rings is 8. The van der Waals surface area contributed by atoms with E-state index in [9.17, 15) is 0 Å². The molecule has 0 saturated carbocycles. The molecule has 0 unspecified atom stereocenters. The monoisotopic (exact) mass is 642 g/mol. The Balaban J connectivity index is 1.52. The van der Waals surface area contributed by atoms with E-state index in [1.807, 2.05) is 0 Å². The van der Waals surface area contributed by atoms with E-state index in [-0.39, 0.29) is 6.71 Å². The molecule has 1 aliphatic rings. The summed E-state index contributed by atoms with van der Waals surface area (Å²) in [5, 5.41) is 8.18. The van der Waals surface area contributed by atoms with Gasteiger partial charge in [-0.05, 0) is 106 Å². The molecule has 0 amide bonds. The molecule has 0 spiro atoms. The van der Waals surface area contributed by atoms with Gasteiger partial charge in [0.15, 0.2) is 0 Å². The fourth-order valence-corrected chi connectivity index (χ4v) is 9.02. The molecule has 0 radical (unpaired) electrons. The van der Waals surface area contributed by atoms with Crippen LogP contribution in [0.4, 0.5) is 0 Å². The van der Waals surface area contributed by atoms with Crippen LogP contribution < -0.4 is 16.4 Å². The molecule has 8 aromatic carbocycles. The van der Waals surface area contributed by atoms with Gasteiger partial charge in [0, 0.05) is 0 Å². The molecule has 1 heteroatoms. The van der Waals surface area contributed by atoms with E-state index >= 15 is 0 Å². The first kappa shape index (κ1) is 30.9. The number of fused-ring (bicyclic) bond motifs is 2. The third-order valence-electron chi connectivity index (χ3n) is 11.4. The lowest BCUT2D eigenvalue weighted by Crippen LogP contribution is -2.57. The van der Waals surface area contributed by atoms with Gasteiger partial charge in [0.25, 0.3) is 0 Å². The average Bonchev–Trinajstić information content (AvgIpc) is 3.14. The van der Waals surface area contributed by atoms with Crippen molar-refractivity contribution >= 4 is 55.4 Å². The van der Waals surface area contributed by atoms with Crippen molar-refractivity contribution in [3.8, 4) is 33.4 Å². The first-order valence-electron chi connectivity index (χ1n) is 18.5. The molecule has 0 aliphatic carbocycles. The Hall–Kier alpha value is -5.14. The van der Waals surface area contributed by atoms with Crippen molar-refractivity contribution < 1.29 is 0 Å². The van der Waals surface area contributed by atoms with Gasteiger partial charge >= 0.3 is 0 Å². The maximum absolute atomic E-state index is 2.60. The van der Waals surface area contributed by atoms with Gasteiger partial charge in [-0.2, -0.15) is 0 Å². The molecular weight excluding hydrogens is 599 g/mol. The van der Waals surface area contributed by atoms with Crippen molar-refractivity contribution in [3.63, 3.8) is 0 Å². The Morgan fingerprint density at radius 3 is 1.64 bits per heavy atom. The van der Waals surface area contributed by atoms with Gasteiger partial charge in [0.1, 0.15) is 0 Å². The summed E-state index contributed by atoms with van der Waals surface area (Å²) in [6.07, 6.45) is 0. The Labute approximate surface area is 297 Å². The molecule has 0 saturated heterocycles. The van der Waals surface area contributed by atoms with Gasteiger partial charge in [-0.1, -0.05) is 185 Å². The van der Waals surface area contributed by atoms with E-state index in [0.717, 1.165) is 0 Å². The van der Waals surface area contributed by atoms with Gasteiger partial charge in [-0.15, -0.1) is 0 Å². The van der Waals surface area contributed by atoms with Crippen LogP contribution in [-0.4, -0.2) is 6.71 Å². The van der Waals surface area contributed by atoms with E-state index in [2.05, 4.69) is 175 Å². The summed E-state index contributed by atoms with van der Waals surface area (Å²) < 4.78 is 0. The molecule has 0 bridgehead atoms. The Bertz CT molecular complexity index is 2530. The van der Waals surface area contributed by atoms with E-state index in [1.165, 1.54) is 98.8 Å². The van der Waals surface area contributed by atoms with Crippen LogP contribution in [-0.2, 0) is 0 Å². The zero-order valence-electron chi connectivity index (χ0n) is 30.0. The van der Waals surface area contributed by atoms with E-state index in [1.54, 1.807) is 0 Å². The van der Waals surface area contributed by atoms with Crippen molar-refractivity contribution in [3.05, 3.63) is 150 Å². The van der Waals surface area contributed by atoms with Crippen LogP contribution in [0.1, 0.15) is 76.0 Å². The predicted octanol–water partition coefficient (Wildman–Crippen LogP) is 11.8. The highest BCUT2D eigenvalue weighted by atomic mass is 14.3. The summed E-state index contributed by atoms with van der Waals surface area (Å²) in [5.74, 6) is 1.27. The van der Waals surface area contributed by atoms with Gasteiger partial charge in [-0.25, -0.2) is 0 Å². The largest absolute Gasteiger partial charge is 0.243 e. The summed E-state index contributed by atoms with van der Waals surface area (Å²) in [6.45, 7) is 14.3. The maximum Gasteiger partial charge on any atom is 0.243 e. The van der Waals surface area contributed by atoms with Crippen molar-refractivity contribution in [2.75, 3.05) is 0 Å². The molecule has 0 fully saturated rings. The number of hydrogen-bond donors (Lipinski definition) is 0. The van der Waals surface area contributed by atoms with Gasteiger partial charge in [0.05, 0.1) is 0 Å². The Kier molecular flexibility index (Phi) is 7.25. The molecule has 9 rings (SSSR count). The zero-order valence-corrected chi connectivity index (χ0v) is 30.0. The van der Waals surface area contributed by atoms with E-state index < -0.39 is 0 Å². The molecule has 0 N–H and O–H groups in total. The SMILES string of the molecule is CC(C)c1cc(C(C)C)c(B2c3ccccc3-c3cc(-c4ccccc4)c4ccc5ccc(-c6ccccc6)c6cc2c3c4c56)c(C(C)C)c1. The second-order valence-corrected chi connectivity index (χ2v) is 15.4. The van der Waals surface area contributed by atoms with Crippen molar-refractivity contribution in [1.82, 2.24) is 0 Å². The first-order chi connectivity index (χ1) is 24.3. The minimum absolute atomic E-state index is 0.118. The molecule has 8 aromatic rings. The second kappa shape index (κ2) is 11.7. The Morgan fingerprint density at radius 2 is 1.00 bits per heavy atom. The molecule has 242 valence electrons. The number of rotatable bonds is 6. The summed E-state index contributed by atoms with van der Waals surface area (Å²) in [4.78, 5) is 0. The molecule has 50 heavy (non-hydrogen) atoms. The third-order valence-corrected chi connectivity index (χ3v) is 11.4. The van der Waals surface area contributed by atoms with Gasteiger partial charge in [0.2, 0.25) is 6.71 Å². The standard InChI is InChI=1S/C49H43B/c1-29(2)35-25-39(30(3)4)49(40(26-35)31(5)6)50-44-20-14-13-19-37(44)42-27-41(33-17-11-8-12-18-33)38-24-22-34-21-23-36(32-15-9-7-10-16-32)43-28-45(50)47(42)48(38)46(34)43/h7-31H,1-6H3. The van der Waals surface area contributed by atoms with Crippen LogP contribution in [0.3, 0.4) is 0 Å². The fourth-order valence-electron chi connectivity index (χ4n) is 9.02. The summed E-state index contributed by atoms with van der Waals surface area (Å²) >= 11 is 0. The maximum atomic E-state index is 2.60. The van der Waals surface area contributed by atoms with Crippen LogP contribution >= 0.6 is 0 Å². The summed E-state index contributed by atoms with van der Waals surface area (Å²) in [5.41, 5.74) is 16.6. The van der Waals surface area contributed by atoms with Crippen LogP contribution in [0.25, 0.3) is 65.7 Å². The molecule has 0 aromatic heterocycles. The lowest BCUT2D eigenvalue weighted by Gasteiger charge is -2.34. The number of hydrogen-bond acceptors (Lipinski definition) is 0. The quantitative estimate of drug-likeness (QED) is 0.125. The third kappa shape index (κ3) is 4.60. The lowest BCUT2D eigenvalue weighted by atomic mass is 9.32. The minimum atomic E-state index is 0.118. The summed E-state index contributed by atoms with van der Waals surface area (Å²) in [6, 6.07) is 50.9. The minimum Gasteiger partial charge on any atom is -0.0664 e. The first-order valence-corrected chi connectivity index (χ1v) is 18.5.